The number of aliphatic hydroxyl groups is 1. The van der Waals surface area contributed by atoms with Crippen molar-refractivity contribution in [2.45, 2.75) is 37.3 Å². The highest BCUT2D eigenvalue weighted by molar-refractivity contribution is 5.77. The van der Waals surface area contributed by atoms with Gasteiger partial charge < -0.3 is 29.5 Å². The van der Waals surface area contributed by atoms with E-state index in [9.17, 15) is 9.90 Å². The standard InChI is InChI=1S/C18H24N2O5/c21-17(22)18(23)5-9-20(10-6-18)13-3-7-19(8-4-13)14-1-2-15-16(11-14)25-12-24-15/h1-2,11,13,23H,3-10,12H2,(H,21,22). The number of fused-ring (bicyclic) bond motifs is 1. The fraction of sp³-hybridized carbons (Fsp3) is 0.611. The van der Waals surface area contributed by atoms with Crippen LogP contribution in [0.25, 0.3) is 0 Å². The summed E-state index contributed by atoms with van der Waals surface area (Å²) >= 11 is 0. The number of hydrogen-bond acceptors (Lipinski definition) is 6. The first-order valence-corrected chi connectivity index (χ1v) is 8.90. The summed E-state index contributed by atoms with van der Waals surface area (Å²) in [5, 5.41) is 19.2. The van der Waals surface area contributed by atoms with Gasteiger partial charge >= 0.3 is 5.97 Å². The third kappa shape index (κ3) is 3.14. The first-order chi connectivity index (χ1) is 12.0. The van der Waals surface area contributed by atoms with Crippen LogP contribution in [-0.4, -0.2) is 65.7 Å². The second-order valence-corrected chi connectivity index (χ2v) is 7.13. The Labute approximate surface area is 146 Å². The number of benzene rings is 1. The number of piperidine rings is 2. The molecule has 0 spiro atoms. The number of likely N-dealkylation sites (tertiary alicyclic amines) is 1. The quantitative estimate of drug-likeness (QED) is 0.852. The van der Waals surface area contributed by atoms with Gasteiger partial charge in [-0.25, -0.2) is 4.79 Å². The van der Waals surface area contributed by atoms with E-state index in [4.69, 9.17) is 14.6 Å². The predicted molar refractivity (Wildman–Crippen MR) is 91.2 cm³/mol. The maximum atomic E-state index is 11.1. The van der Waals surface area contributed by atoms with E-state index < -0.39 is 11.6 Å². The third-order valence-corrected chi connectivity index (χ3v) is 5.73. The van der Waals surface area contributed by atoms with Gasteiger partial charge in [-0.05, 0) is 37.8 Å². The lowest BCUT2D eigenvalue weighted by Gasteiger charge is -2.43. The molecule has 0 radical (unpaired) electrons. The summed E-state index contributed by atoms with van der Waals surface area (Å²) in [6.07, 6.45) is 2.70. The molecule has 7 nitrogen and oxygen atoms in total. The van der Waals surface area contributed by atoms with Gasteiger partial charge in [-0.3, -0.25) is 0 Å². The number of carboxylic acid groups (broad SMARTS) is 1. The van der Waals surface area contributed by atoms with Gasteiger partial charge in [-0.15, -0.1) is 0 Å². The summed E-state index contributed by atoms with van der Waals surface area (Å²) in [6, 6.07) is 6.53. The maximum Gasteiger partial charge on any atom is 0.335 e. The predicted octanol–water partition coefficient (Wildman–Crippen LogP) is 1.30. The van der Waals surface area contributed by atoms with Crippen LogP contribution in [0.4, 0.5) is 5.69 Å². The highest BCUT2D eigenvalue weighted by atomic mass is 16.7. The Kier molecular flexibility index (Phi) is 4.21. The Bertz CT molecular complexity index is 649. The lowest BCUT2D eigenvalue weighted by Crippen LogP contribution is -2.54. The minimum atomic E-state index is -1.54. The van der Waals surface area contributed by atoms with Gasteiger partial charge in [0.2, 0.25) is 6.79 Å². The molecule has 0 bridgehead atoms. The normalized spacial score (nSPS) is 23.6. The zero-order valence-electron chi connectivity index (χ0n) is 14.2. The third-order valence-electron chi connectivity index (χ3n) is 5.73. The number of nitrogens with zero attached hydrogens (tertiary/aromatic N) is 2. The number of rotatable bonds is 3. The molecule has 2 saturated heterocycles. The van der Waals surface area contributed by atoms with Crippen LogP contribution in [0.1, 0.15) is 25.7 Å². The Morgan fingerprint density at radius 3 is 2.44 bits per heavy atom. The van der Waals surface area contributed by atoms with Crippen molar-refractivity contribution in [2.24, 2.45) is 0 Å². The van der Waals surface area contributed by atoms with Crippen molar-refractivity contribution in [1.82, 2.24) is 4.90 Å². The number of ether oxygens (including phenoxy) is 2. The molecule has 0 saturated carbocycles. The topological polar surface area (TPSA) is 82.5 Å². The van der Waals surface area contributed by atoms with Crippen LogP contribution in [0, 0.1) is 0 Å². The van der Waals surface area contributed by atoms with Crippen LogP contribution in [0.15, 0.2) is 18.2 Å². The van der Waals surface area contributed by atoms with Crippen molar-refractivity contribution < 1.29 is 24.5 Å². The average molecular weight is 348 g/mol. The smallest absolute Gasteiger partial charge is 0.335 e. The van der Waals surface area contributed by atoms with Gasteiger partial charge in [0.1, 0.15) is 0 Å². The van der Waals surface area contributed by atoms with Crippen LogP contribution >= 0.6 is 0 Å². The first kappa shape index (κ1) is 16.5. The van der Waals surface area contributed by atoms with Gasteiger partial charge in [0.15, 0.2) is 17.1 Å². The molecule has 0 atom stereocenters. The van der Waals surface area contributed by atoms with Gasteiger partial charge in [0.25, 0.3) is 0 Å². The number of carbonyl (C=O) groups is 1. The summed E-state index contributed by atoms with van der Waals surface area (Å²) in [7, 11) is 0. The molecule has 0 aromatic heterocycles. The Balaban J connectivity index is 1.32. The molecule has 2 N–H and O–H groups in total. The van der Waals surface area contributed by atoms with Crippen molar-refractivity contribution >= 4 is 11.7 Å². The van der Waals surface area contributed by atoms with Crippen molar-refractivity contribution in [2.75, 3.05) is 37.9 Å². The fourth-order valence-corrected chi connectivity index (χ4v) is 4.04. The maximum absolute atomic E-state index is 11.1. The molecule has 0 aliphatic carbocycles. The van der Waals surface area contributed by atoms with Gasteiger partial charge in [0, 0.05) is 44.0 Å². The van der Waals surface area contributed by atoms with E-state index in [1.54, 1.807) is 0 Å². The van der Waals surface area contributed by atoms with Crippen molar-refractivity contribution in [3.05, 3.63) is 18.2 Å². The van der Waals surface area contributed by atoms with Crippen LogP contribution in [-0.2, 0) is 4.79 Å². The van der Waals surface area contributed by atoms with Crippen molar-refractivity contribution in [3.8, 4) is 11.5 Å². The Morgan fingerprint density at radius 1 is 1.08 bits per heavy atom. The summed E-state index contributed by atoms with van der Waals surface area (Å²) in [5.74, 6) is 0.520. The molecule has 4 rings (SSSR count). The first-order valence-electron chi connectivity index (χ1n) is 8.90. The molecule has 7 heteroatoms. The van der Waals surface area contributed by atoms with E-state index in [0.717, 1.165) is 43.1 Å². The molecule has 1 aromatic carbocycles. The van der Waals surface area contributed by atoms with E-state index >= 15 is 0 Å². The lowest BCUT2D eigenvalue weighted by molar-refractivity contribution is -0.164. The minimum absolute atomic E-state index is 0.290. The summed E-state index contributed by atoms with van der Waals surface area (Å²) in [5.41, 5.74) is -0.384. The Hall–Kier alpha value is -1.99. The monoisotopic (exact) mass is 348 g/mol. The molecule has 136 valence electrons. The molecular formula is C18H24N2O5. The fourth-order valence-electron chi connectivity index (χ4n) is 4.04. The van der Waals surface area contributed by atoms with Crippen molar-refractivity contribution in [1.29, 1.82) is 0 Å². The van der Waals surface area contributed by atoms with E-state index in [1.165, 1.54) is 0 Å². The number of aliphatic carboxylic acids is 1. The number of carboxylic acids is 1. The molecule has 1 aromatic rings. The molecular weight excluding hydrogens is 324 g/mol. The summed E-state index contributed by atoms with van der Waals surface area (Å²) in [6.45, 7) is 3.52. The molecule has 3 aliphatic rings. The van der Waals surface area contributed by atoms with E-state index in [-0.39, 0.29) is 0 Å². The van der Waals surface area contributed by atoms with E-state index in [1.807, 2.05) is 12.1 Å². The van der Waals surface area contributed by atoms with Crippen LogP contribution in [0.5, 0.6) is 11.5 Å². The molecule has 3 heterocycles. The number of anilines is 1. The average Bonchev–Trinajstić information content (AvgIpc) is 3.10. The molecule has 2 fully saturated rings. The van der Waals surface area contributed by atoms with Gasteiger partial charge in [0.05, 0.1) is 0 Å². The van der Waals surface area contributed by atoms with Crippen molar-refractivity contribution in [3.63, 3.8) is 0 Å². The second kappa shape index (κ2) is 6.38. The molecule has 3 aliphatic heterocycles. The number of hydrogen-bond donors (Lipinski definition) is 2. The highest BCUT2D eigenvalue weighted by Crippen LogP contribution is 2.36. The summed E-state index contributed by atoms with van der Waals surface area (Å²) in [4.78, 5) is 15.8. The molecule has 0 unspecified atom stereocenters. The van der Waals surface area contributed by atoms with E-state index in [2.05, 4.69) is 15.9 Å². The SMILES string of the molecule is O=C(O)C1(O)CCN(C2CCN(c3ccc4c(c3)OCO4)CC2)CC1. The van der Waals surface area contributed by atoms with Gasteiger partial charge in [-0.1, -0.05) is 0 Å². The molecule has 0 amide bonds. The Morgan fingerprint density at radius 2 is 1.76 bits per heavy atom. The van der Waals surface area contributed by atoms with Gasteiger partial charge in [-0.2, -0.15) is 0 Å². The van der Waals surface area contributed by atoms with Crippen LogP contribution in [0.2, 0.25) is 0 Å². The van der Waals surface area contributed by atoms with Crippen LogP contribution in [0.3, 0.4) is 0 Å². The highest BCUT2D eigenvalue weighted by Gasteiger charge is 2.41. The zero-order chi connectivity index (χ0) is 17.4. The van der Waals surface area contributed by atoms with E-state index in [0.29, 0.717) is 38.8 Å². The molecule has 25 heavy (non-hydrogen) atoms. The zero-order valence-corrected chi connectivity index (χ0v) is 14.2. The summed E-state index contributed by atoms with van der Waals surface area (Å²) < 4.78 is 10.8. The second-order valence-electron chi connectivity index (χ2n) is 7.13. The van der Waals surface area contributed by atoms with Crippen LogP contribution < -0.4 is 14.4 Å². The largest absolute Gasteiger partial charge is 0.479 e. The lowest BCUT2D eigenvalue weighted by atomic mass is 9.89. The minimum Gasteiger partial charge on any atom is -0.479 e.